The van der Waals surface area contributed by atoms with Crippen molar-refractivity contribution in [2.24, 2.45) is 0 Å². The fourth-order valence-electron chi connectivity index (χ4n) is 0.0572. The summed E-state index contributed by atoms with van der Waals surface area (Å²) in [4.78, 5) is 9.92. The molecule has 0 aliphatic heterocycles. The van der Waals surface area contributed by atoms with Crippen molar-refractivity contribution in [3.05, 3.63) is 0 Å². The van der Waals surface area contributed by atoms with E-state index in [1.54, 1.807) is 0 Å². The van der Waals surface area contributed by atoms with Gasteiger partial charge in [0, 0.05) is 0 Å². The third-order valence-electron chi connectivity index (χ3n) is 0.721. The van der Waals surface area contributed by atoms with E-state index in [1.165, 1.54) is 0 Å². The Balaban J connectivity index is 3.91. The van der Waals surface area contributed by atoms with Crippen molar-refractivity contribution < 1.29 is 15.0 Å². The van der Waals surface area contributed by atoms with E-state index in [0.29, 0.717) is 0 Å². The third-order valence-corrected chi connectivity index (χ3v) is 1.24. The lowest BCUT2D eigenvalue weighted by atomic mass is 10.1. The Morgan fingerprint density at radius 3 is 2.25 bits per heavy atom. The molecule has 0 aromatic rings. The summed E-state index contributed by atoms with van der Waals surface area (Å²) in [5, 5.41) is 16.8. The van der Waals surface area contributed by atoms with Crippen molar-refractivity contribution in [2.45, 2.75) is 12.5 Å². The molecular weight excluding hydrogens is 131 g/mol. The summed E-state index contributed by atoms with van der Waals surface area (Å²) in [6.07, 6.45) is 0. The van der Waals surface area contributed by atoms with Crippen molar-refractivity contribution >= 4 is 17.6 Å². The van der Waals surface area contributed by atoms with E-state index >= 15 is 0 Å². The number of hydrogen-bond donors (Lipinski definition) is 2. The monoisotopic (exact) mass is 138 g/mol. The smallest absolute Gasteiger partial charge is 0.336 e. The lowest BCUT2D eigenvalue weighted by Gasteiger charge is -2.11. The third kappa shape index (κ3) is 1.68. The Morgan fingerprint density at radius 2 is 2.25 bits per heavy atom. The molecule has 0 fully saturated rings. The fourth-order valence-corrected chi connectivity index (χ4v) is 0.171. The van der Waals surface area contributed by atoms with Crippen LogP contribution in [0.3, 0.4) is 0 Å². The molecule has 0 heterocycles. The first-order chi connectivity index (χ1) is 3.50. The van der Waals surface area contributed by atoms with E-state index in [9.17, 15) is 4.79 Å². The molecule has 0 aromatic carbocycles. The number of aliphatic carboxylic acids is 1. The molecular formula is C4H7ClO3. The zero-order valence-electron chi connectivity index (χ0n) is 4.39. The van der Waals surface area contributed by atoms with Crippen LogP contribution in [0.5, 0.6) is 0 Å². The molecule has 0 bridgehead atoms. The average Bonchev–Trinajstić information content (AvgIpc) is 1.67. The van der Waals surface area contributed by atoms with Gasteiger partial charge in [0.05, 0.1) is 5.88 Å². The van der Waals surface area contributed by atoms with Gasteiger partial charge in [-0.1, -0.05) is 0 Å². The second-order valence-corrected chi connectivity index (χ2v) is 1.98. The van der Waals surface area contributed by atoms with Crippen LogP contribution in [0.1, 0.15) is 6.92 Å². The molecule has 0 aromatic heterocycles. The minimum atomic E-state index is -1.78. The Bertz CT molecular complexity index is 99.5. The Hall–Kier alpha value is -0.280. The predicted octanol–water partition coefficient (Wildman–Crippen LogP) is 0.0608. The summed E-state index contributed by atoms with van der Waals surface area (Å²) < 4.78 is 0. The van der Waals surface area contributed by atoms with Gasteiger partial charge in [-0.15, -0.1) is 11.6 Å². The molecule has 2 N–H and O–H groups in total. The molecule has 0 rings (SSSR count). The zero-order chi connectivity index (χ0) is 6.78. The summed E-state index contributed by atoms with van der Waals surface area (Å²) in [7, 11) is 0. The van der Waals surface area contributed by atoms with Crippen molar-refractivity contribution in [1.29, 1.82) is 0 Å². The number of alkyl halides is 1. The molecule has 3 nitrogen and oxygen atoms in total. The van der Waals surface area contributed by atoms with Gasteiger partial charge in [0.2, 0.25) is 0 Å². The topological polar surface area (TPSA) is 57.5 Å². The first-order valence-corrected chi connectivity index (χ1v) is 2.56. The van der Waals surface area contributed by atoms with Crippen LogP contribution in [0.2, 0.25) is 0 Å². The molecule has 4 heteroatoms. The second kappa shape index (κ2) is 2.33. The number of rotatable bonds is 2. The highest BCUT2D eigenvalue weighted by atomic mass is 35.5. The fraction of sp³-hybridized carbons (Fsp3) is 0.750. The number of halogens is 1. The molecule has 0 aliphatic rings. The van der Waals surface area contributed by atoms with Gasteiger partial charge in [-0.05, 0) is 6.92 Å². The maximum Gasteiger partial charge on any atom is 0.336 e. The van der Waals surface area contributed by atoms with E-state index < -0.39 is 11.6 Å². The molecule has 0 radical (unpaired) electrons. The Labute approximate surface area is 51.9 Å². The van der Waals surface area contributed by atoms with Crippen LogP contribution in [-0.2, 0) is 4.79 Å². The quantitative estimate of drug-likeness (QED) is 0.531. The standard InChI is InChI=1S/C4H7ClO3/c1-4(8,2-5)3(6)7/h8H,2H2,1H3,(H,6,7)/t4-/m0/s1. The summed E-state index contributed by atoms with van der Waals surface area (Å²) >= 11 is 5.06. The minimum absolute atomic E-state index is 0.289. The molecule has 0 unspecified atom stereocenters. The van der Waals surface area contributed by atoms with E-state index in [-0.39, 0.29) is 5.88 Å². The van der Waals surface area contributed by atoms with Crippen LogP contribution in [0.15, 0.2) is 0 Å². The van der Waals surface area contributed by atoms with Crippen LogP contribution in [0, 0.1) is 0 Å². The van der Waals surface area contributed by atoms with E-state index in [2.05, 4.69) is 0 Å². The van der Waals surface area contributed by atoms with Gasteiger partial charge in [0.25, 0.3) is 0 Å². The van der Waals surface area contributed by atoms with Crippen LogP contribution in [0.4, 0.5) is 0 Å². The van der Waals surface area contributed by atoms with Gasteiger partial charge in [0.15, 0.2) is 5.60 Å². The predicted molar refractivity (Wildman–Crippen MR) is 29.0 cm³/mol. The minimum Gasteiger partial charge on any atom is -0.479 e. The Morgan fingerprint density at radius 1 is 1.88 bits per heavy atom. The SMILES string of the molecule is C[C@](O)(CCl)C(=O)O. The highest BCUT2D eigenvalue weighted by Crippen LogP contribution is 2.04. The van der Waals surface area contributed by atoms with Crippen LogP contribution < -0.4 is 0 Å². The van der Waals surface area contributed by atoms with Gasteiger partial charge >= 0.3 is 5.97 Å². The lowest BCUT2D eigenvalue weighted by molar-refractivity contribution is -0.154. The van der Waals surface area contributed by atoms with Crippen LogP contribution in [-0.4, -0.2) is 27.7 Å². The van der Waals surface area contributed by atoms with E-state index in [4.69, 9.17) is 21.8 Å². The first kappa shape index (κ1) is 7.72. The number of hydrogen-bond acceptors (Lipinski definition) is 2. The molecule has 0 spiro atoms. The van der Waals surface area contributed by atoms with Gasteiger partial charge in [-0.25, -0.2) is 4.79 Å². The lowest BCUT2D eigenvalue weighted by Crippen LogP contribution is -2.36. The molecule has 8 heavy (non-hydrogen) atoms. The molecule has 0 saturated heterocycles. The largest absolute Gasteiger partial charge is 0.479 e. The highest BCUT2D eigenvalue weighted by molar-refractivity contribution is 6.20. The summed E-state index contributed by atoms with van der Waals surface area (Å²) in [6, 6.07) is 0. The number of carboxylic acids is 1. The van der Waals surface area contributed by atoms with Crippen LogP contribution >= 0.6 is 11.6 Å². The molecule has 0 aliphatic carbocycles. The molecule has 48 valence electrons. The highest BCUT2D eigenvalue weighted by Gasteiger charge is 2.27. The van der Waals surface area contributed by atoms with Gasteiger partial charge in [-0.2, -0.15) is 0 Å². The van der Waals surface area contributed by atoms with E-state index in [0.717, 1.165) is 6.92 Å². The van der Waals surface area contributed by atoms with Crippen molar-refractivity contribution in [3.8, 4) is 0 Å². The summed E-state index contributed by atoms with van der Waals surface area (Å²) in [6.45, 7) is 1.14. The maximum atomic E-state index is 9.92. The maximum absolute atomic E-state index is 9.92. The van der Waals surface area contributed by atoms with Gasteiger partial charge in [0.1, 0.15) is 0 Å². The van der Waals surface area contributed by atoms with Crippen LogP contribution in [0.25, 0.3) is 0 Å². The molecule has 0 saturated carbocycles. The van der Waals surface area contributed by atoms with Gasteiger partial charge in [-0.3, -0.25) is 0 Å². The molecule has 1 atom stereocenters. The van der Waals surface area contributed by atoms with Crippen molar-refractivity contribution in [3.63, 3.8) is 0 Å². The number of carboxylic acid groups (broad SMARTS) is 1. The Kier molecular flexibility index (Phi) is 2.25. The van der Waals surface area contributed by atoms with Crippen molar-refractivity contribution in [2.75, 3.05) is 5.88 Å². The summed E-state index contributed by atoms with van der Waals surface area (Å²) in [5.41, 5.74) is -1.78. The first-order valence-electron chi connectivity index (χ1n) is 2.02. The number of carbonyl (C=O) groups is 1. The zero-order valence-corrected chi connectivity index (χ0v) is 5.14. The molecule has 0 amide bonds. The average molecular weight is 139 g/mol. The summed E-state index contributed by atoms with van der Waals surface area (Å²) in [5.74, 6) is -1.59. The second-order valence-electron chi connectivity index (χ2n) is 1.71. The van der Waals surface area contributed by atoms with Gasteiger partial charge < -0.3 is 10.2 Å². The van der Waals surface area contributed by atoms with E-state index in [1.807, 2.05) is 0 Å². The number of aliphatic hydroxyl groups is 1. The normalized spacial score (nSPS) is 17.4. The van der Waals surface area contributed by atoms with Crippen molar-refractivity contribution in [1.82, 2.24) is 0 Å².